The Morgan fingerprint density at radius 1 is 1.10 bits per heavy atom. The van der Waals surface area contributed by atoms with Gasteiger partial charge in [-0.2, -0.15) is 5.10 Å². The van der Waals surface area contributed by atoms with Crippen molar-refractivity contribution >= 4 is 11.7 Å². The first-order chi connectivity index (χ1) is 14.0. The maximum absolute atomic E-state index is 12.3. The average Bonchev–Trinajstić information content (AvgIpc) is 3.45. The molecule has 1 aromatic heterocycles. The lowest BCUT2D eigenvalue weighted by Gasteiger charge is -2.09. The minimum atomic E-state index is -0.720. The first-order valence-corrected chi connectivity index (χ1v) is 9.07. The number of nitro benzene ring substituents is 1. The van der Waals surface area contributed by atoms with Crippen LogP contribution >= 0.6 is 0 Å². The number of nitro groups is 1. The van der Waals surface area contributed by atoms with Gasteiger partial charge in [-0.15, -0.1) is 0 Å². The second-order valence-electron chi connectivity index (χ2n) is 6.90. The molecule has 1 aliphatic rings. The Bertz CT molecular complexity index is 1070. The first kappa shape index (κ1) is 18.7. The molecule has 8 nitrogen and oxygen atoms in total. The summed E-state index contributed by atoms with van der Waals surface area (Å²) in [6.07, 6.45) is 1.36. The molecule has 0 N–H and O–H groups in total. The number of aromatic nitrogens is 2. The van der Waals surface area contributed by atoms with E-state index in [1.165, 1.54) is 19.2 Å². The van der Waals surface area contributed by atoms with Gasteiger partial charge in [-0.1, -0.05) is 0 Å². The molecule has 0 saturated heterocycles. The van der Waals surface area contributed by atoms with Gasteiger partial charge < -0.3 is 9.47 Å². The zero-order valence-electron chi connectivity index (χ0n) is 16.0. The molecule has 148 valence electrons. The lowest BCUT2D eigenvalue weighted by Crippen LogP contribution is -2.22. The second kappa shape index (κ2) is 7.05. The highest BCUT2D eigenvalue weighted by Crippen LogP contribution is 2.49. The second-order valence-corrected chi connectivity index (χ2v) is 6.90. The van der Waals surface area contributed by atoms with Gasteiger partial charge in [0.1, 0.15) is 11.2 Å². The van der Waals surface area contributed by atoms with Gasteiger partial charge in [0.15, 0.2) is 0 Å². The fraction of sp³-hybridized carbons (Fsp3) is 0.238. The number of carbonyl (C=O) groups is 1. The van der Waals surface area contributed by atoms with E-state index in [4.69, 9.17) is 14.6 Å². The van der Waals surface area contributed by atoms with Crippen LogP contribution in [0.3, 0.4) is 0 Å². The van der Waals surface area contributed by atoms with Crippen molar-refractivity contribution in [1.29, 1.82) is 0 Å². The molecule has 0 radical (unpaired) electrons. The van der Waals surface area contributed by atoms with Crippen LogP contribution in [-0.4, -0.2) is 34.9 Å². The third-order valence-electron chi connectivity index (χ3n) is 5.22. The Morgan fingerprint density at radius 2 is 1.76 bits per heavy atom. The number of nitrogens with zero attached hydrogens (tertiary/aromatic N) is 3. The molecule has 1 saturated carbocycles. The van der Waals surface area contributed by atoms with Crippen LogP contribution in [0, 0.1) is 10.1 Å². The van der Waals surface area contributed by atoms with Crippen LogP contribution in [0.5, 0.6) is 5.75 Å². The molecule has 0 bridgehead atoms. The average molecular weight is 393 g/mol. The van der Waals surface area contributed by atoms with Crippen molar-refractivity contribution in [2.75, 3.05) is 14.2 Å². The fourth-order valence-corrected chi connectivity index (χ4v) is 3.38. The van der Waals surface area contributed by atoms with Crippen molar-refractivity contribution in [1.82, 2.24) is 9.78 Å². The zero-order chi connectivity index (χ0) is 20.6. The van der Waals surface area contributed by atoms with Crippen molar-refractivity contribution in [2.24, 2.45) is 0 Å². The topological polar surface area (TPSA) is 96.5 Å². The summed E-state index contributed by atoms with van der Waals surface area (Å²) >= 11 is 0. The standard InChI is InChI=1S/C21H19N3O5/c1-28-17-9-3-14(4-10-17)18-13-19(21(11-12-21)20(25)29-2)22-23(18)15-5-7-16(8-6-15)24(26)27/h3-10,13H,11-12H2,1-2H3. The normalized spacial score (nSPS) is 14.3. The Balaban J connectivity index is 1.83. The van der Waals surface area contributed by atoms with Gasteiger partial charge in [0, 0.05) is 17.7 Å². The van der Waals surface area contributed by atoms with Gasteiger partial charge in [-0.05, 0) is 55.3 Å². The molecule has 1 heterocycles. The number of carbonyl (C=O) groups excluding carboxylic acids is 1. The number of methoxy groups -OCH3 is 2. The van der Waals surface area contributed by atoms with E-state index in [1.54, 1.807) is 23.9 Å². The number of ether oxygens (including phenoxy) is 2. The lowest BCUT2D eigenvalue weighted by atomic mass is 10.0. The van der Waals surface area contributed by atoms with E-state index in [0.717, 1.165) is 17.0 Å². The predicted octanol–water partition coefficient (Wildman–Crippen LogP) is 3.66. The molecule has 0 amide bonds. The summed E-state index contributed by atoms with van der Waals surface area (Å²) in [6.45, 7) is 0. The van der Waals surface area contributed by atoms with E-state index in [9.17, 15) is 14.9 Å². The van der Waals surface area contributed by atoms with Gasteiger partial charge in [0.2, 0.25) is 0 Å². The summed E-state index contributed by atoms with van der Waals surface area (Å²) in [5.41, 5.74) is 2.22. The van der Waals surface area contributed by atoms with Gasteiger partial charge in [0.25, 0.3) is 5.69 Å². The number of non-ortho nitro benzene ring substituents is 1. The number of hydrogen-bond acceptors (Lipinski definition) is 6. The highest BCUT2D eigenvalue weighted by molar-refractivity contribution is 5.86. The zero-order valence-corrected chi connectivity index (χ0v) is 16.0. The number of hydrogen-bond donors (Lipinski definition) is 0. The Morgan fingerprint density at radius 3 is 2.28 bits per heavy atom. The Labute approximate surface area is 166 Å². The van der Waals surface area contributed by atoms with E-state index >= 15 is 0 Å². The van der Waals surface area contributed by atoms with Gasteiger partial charge in [-0.3, -0.25) is 14.9 Å². The van der Waals surface area contributed by atoms with E-state index < -0.39 is 10.3 Å². The molecule has 3 aromatic rings. The first-order valence-electron chi connectivity index (χ1n) is 9.07. The quantitative estimate of drug-likeness (QED) is 0.360. The van der Waals surface area contributed by atoms with Crippen LogP contribution in [0.4, 0.5) is 5.69 Å². The summed E-state index contributed by atoms with van der Waals surface area (Å²) in [6, 6.07) is 15.5. The predicted molar refractivity (Wildman–Crippen MR) is 105 cm³/mol. The summed E-state index contributed by atoms with van der Waals surface area (Å²) in [4.78, 5) is 22.9. The summed E-state index contributed by atoms with van der Waals surface area (Å²) in [5, 5.41) is 15.7. The minimum Gasteiger partial charge on any atom is -0.497 e. The van der Waals surface area contributed by atoms with Crippen molar-refractivity contribution in [3.8, 4) is 22.7 Å². The third kappa shape index (κ3) is 3.22. The van der Waals surface area contributed by atoms with Crippen molar-refractivity contribution in [3.63, 3.8) is 0 Å². The summed E-state index contributed by atoms with van der Waals surface area (Å²) < 4.78 is 11.9. The number of rotatable bonds is 6. The Kier molecular flexibility index (Phi) is 4.54. The molecule has 2 aromatic carbocycles. The molecular weight excluding hydrogens is 374 g/mol. The third-order valence-corrected chi connectivity index (χ3v) is 5.22. The van der Waals surface area contributed by atoms with Gasteiger partial charge in [0.05, 0.1) is 36.2 Å². The SMILES string of the molecule is COC(=O)C1(c2cc(-c3ccc(OC)cc3)n(-c3ccc([N+](=O)[O-])cc3)n2)CC1. The Hall–Kier alpha value is -3.68. The van der Waals surface area contributed by atoms with E-state index in [2.05, 4.69) is 0 Å². The summed E-state index contributed by atoms with van der Waals surface area (Å²) in [7, 11) is 2.97. The molecule has 29 heavy (non-hydrogen) atoms. The largest absolute Gasteiger partial charge is 0.497 e. The molecule has 0 unspecified atom stereocenters. The van der Waals surface area contributed by atoms with Crippen LogP contribution in [-0.2, 0) is 14.9 Å². The highest BCUT2D eigenvalue weighted by atomic mass is 16.6. The van der Waals surface area contributed by atoms with Crippen LogP contribution in [0.2, 0.25) is 0 Å². The monoisotopic (exact) mass is 393 g/mol. The molecule has 8 heteroatoms. The molecule has 0 atom stereocenters. The van der Waals surface area contributed by atoms with E-state index in [0.29, 0.717) is 24.2 Å². The van der Waals surface area contributed by atoms with Crippen molar-refractivity contribution in [3.05, 3.63) is 70.4 Å². The van der Waals surface area contributed by atoms with Gasteiger partial charge >= 0.3 is 5.97 Å². The van der Waals surface area contributed by atoms with E-state index in [-0.39, 0.29) is 11.7 Å². The summed E-state index contributed by atoms with van der Waals surface area (Å²) in [5.74, 6) is 0.427. The van der Waals surface area contributed by atoms with Crippen LogP contribution in [0.15, 0.2) is 54.6 Å². The van der Waals surface area contributed by atoms with Crippen LogP contribution < -0.4 is 4.74 Å². The van der Waals surface area contributed by atoms with Crippen molar-refractivity contribution < 1.29 is 19.2 Å². The maximum atomic E-state index is 12.3. The van der Waals surface area contributed by atoms with Crippen molar-refractivity contribution in [2.45, 2.75) is 18.3 Å². The smallest absolute Gasteiger partial charge is 0.317 e. The lowest BCUT2D eigenvalue weighted by molar-refractivity contribution is -0.384. The van der Waals surface area contributed by atoms with Crippen LogP contribution in [0.1, 0.15) is 18.5 Å². The number of benzene rings is 2. The maximum Gasteiger partial charge on any atom is 0.317 e. The van der Waals surface area contributed by atoms with Gasteiger partial charge in [-0.25, -0.2) is 4.68 Å². The van der Waals surface area contributed by atoms with E-state index in [1.807, 2.05) is 30.3 Å². The molecule has 0 aliphatic heterocycles. The minimum absolute atomic E-state index is 0.000325. The molecule has 1 fully saturated rings. The number of esters is 1. The molecule has 4 rings (SSSR count). The molecule has 1 aliphatic carbocycles. The molecular formula is C21H19N3O5. The van der Waals surface area contributed by atoms with Crippen LogP contribution in [0.25, 0.3) is 16.9 Å². The molecule has 0 spiro atoms. The fourth-order valence-electron chi connectivity index (χ4n) is 3.38. The highest BCUT2D eigenvalue weighted by Gasteiger charge is 2.54.